The molecule has 2 aliphatic heterocycles. The number of anilines is 1. The number of carbonyl (C=O) groups is 1. The number of nitrogens with one attached hydrogen (secondary N) is 1. The van der Waals surface area contributed by atoms with E-state index in [1.54, 1.807) is 0 Å². The Balaban J connectivity index is 1.69. The molecule has 102 valence electrons. The smallest absolute Gasteiger partial charge is 0.244 e. The molecule has 0 spiro atoms. The summed E-state index contributed by atoms with van der Waals surface area (Å²) in [6.45, 7) is 4.28. The van der Waals surface area contributed by atoms with E-state index >= 15 is 0 Å². The van der Waals surface area contributed by atoms with Crippen LogP contribution in [0.15, 0.2) is 24.3 Å². The Morgan fingerprint density at radius 1 is 1.47 bits per heavy atom. The number of nitrogens with zero attached hydrogens (tertiary/aromatic N) is 1. The van der Waals surface area contributed by atoms with Crippen molar-refractivity contribution in [2.45, 2.75) is 31.9 Å². The highest BCUT2D eigenvalue weighted by Gasteiger charge is 2.35. The second kappa shape index (κ2) is 5.31. The highest BCUT2D eigenvalue weighted by Crippen LogP contribution is 2.28. The normalized spacial score (nSPS) is 25.6. The van der Waals surface area contributed by atoms with Gasteiger partial charge in [0.15, 0.2) is 0 Å². The Labute approximate surface area is 113 Å². The van der Waals surface area contributed by atoms with Crippen molar-refractivity contribution in [3.8, 4) is 0 Å². The molecular formula is C15H20N2O2. The second-order valence-electron chi connectivity index (χ2n) is 5.14. The van der Waals surface area contributed by atoms with Crippen molar-refractivity contribution in [1.29, 1.82) is 0 Å². The number of hydrogen-bond donors (Lipinski definition) is 1. The number of hydrogen-bond acceptors (Lipinski definition) is 3. The van der Waals surface area contributed by atoms with Gasteiger partial charge in [0, 0.05) is 25.4 Å². The number of benzene rings is 1. The van der Waals surface area contributed by atoms with Crippen molar-refractivity contribution >= 4 is 11.6 Å². The summed E-state index contributed by atoms with van der Waals surface area (Å²) in [5, 5.41) is 3.28. The van der Waals surface area contributed by atoms with E-state index in [1.807, 2.05) is 30.0 Å². The van der Waals surface area contributed by atoms with Gasteiger partial charge in [-0.05, 0) is 31.4 Å². The Bertz CT molecular complexity index is 475. The summed E-state index contributed by atoms with van der Waals surface area (Å²) in [7, 11) is 0. The molecule has 0 aromatic heterocycles. The van der Waals surface area contributed by atoms with Crippen molar-refractivity contribution in [2.75, 3.05) is 24.6 Å². The number of ether oxygens (including phenoxy) is 1. The monoisotopic (exact) mass is 260 g/mol. The van der Waals surface area contributed by atoms with Gasteiger partial charge in [0.25, 0.3) is 0 Å². The molecule has 2 atom stereocenters. The third kappa shape index (κ3) is 2.38. The van der Waals surface area contributed by atoms with Crippen molar-refractivity contribution in [1.82, 2.24) is 5.32 Å². The first kappa shape index (κ1) is 12.6. The first-order valence-corrected chi connectivity index (χ1v) is 7.04. The average Bonchev–Trinajstić information content (AvgIpc) is 3.05. The van der Waals surface area contributed by atoms with Crippen LogP contribution < -0.4 is 10.2 Å². The number of rotatable bonds is 3. The molecule has 0 bridgehead atoms. The van der Waals surface area contributed by atoms with E-state index < -0.39 is 0 Å². The Morgan fingerprint density at radius 2 is 2.32 bits per heavy atom. The first-order valence-electron chi connectivity index (χ1n) is 7.04. The van der Waals surface area contributed by atoms with Gasteiger partial charge in [-0.1, -0.05) is 18.2 Å². The average molecular weight is 260 g/mol. The molecule has 1 aromatic carbocycles. The Hall–Kier alpha value is -1.39. The lowest BCUT2D eigenvalue weighted by Gasteiger charge is -2.21. The highest BCUT2D eigenvalue weighted by molar-refractivity contribution is 5.99. The maximum absolute atomic E-state index is 12.6. The summed E-state index contributed by atoms with van der Waals surface area (Å²) in [6.07, 6.45) is 1.92. The van der Waals surface area contributed by atoms with Crippen molar-refractivity contribution in [3.05, 3.63) is 29.8 Å². The summed E-state index contributed by atoms with van der Waals surface area (Å²) in [6, 6.07) is 8.08. The molecule has 1 aromatic rings. The summed E-state index contributed by atoms with van der Waals surface area (Å²) < 4.78 is 5.58. The van der Waals surface area contributed by atoms with Crippen LogP contribution in [0.1, 0.15) is 18.9 Å². The number of para-hydroxylation sites is 1. The fourth-order valence-corrected chi connectivity index (χ4v) is 3.01. The fourth-order valence-electron chi connectivity index (χ4n) is 3.01. The molecule has 0 aliphatic carbocycles. The second-order valence-corrected chi connectivity index (χ2v) is 5.14. The Morgan fingerprint density at radius 3 is 3.16 bits per heavy atom. The van der Waals surface area contributed by atoms with E-state index in [4.69, 9.17) is 4.74 Å². The molecule has 4 nitrogen and oxygen atoms in total. The van der Waals surface area contributed by atoms with Crippen LogP contribution in [0.3, 0.4) is 0 Å². The van der Waals surface area contributed by atoms with Gasteiger partial charge < -0.3 is 15.0 Å². The van der Waals surface area contributed by atoms with E-state index in [9.17, 15) is 4.79 Å². The van der Waals surface area contributed by atoms with Gasteiger partial charge in [0.05, 0.1) is 12.1 Å². The predicted molar refractivity (Wildman–Crippen MR) is 74.3 cm³/mol. The van der Waals surface area contributed by atoms with Crippen LogP contribution in [0, 0.1) is 0 Å². The molecule has 2 aliphatic rings. The molecule has 19 heavy (non-hydrogen) atoms. The lowest BCUT2D eigenvalue weighted by Crippen LogP contribution is -2.42. The standard InChI is InChI=1S/C15H20N2O2/c1-2-19-12-9-13(16-10-12)15(18)17-8-7-11-5-3-4-6-14(11)17/h3-6,12-13,16H,2,7-10H2,1H3. The molecule has 1 N–H and O–H groups in total. The summed E-state index contributed by atoms with van der Waals surface area (Å²) in [5.41, 5.74) is 2.35. The van der Waals surface area contributed by atoms with Crippen molar-refractivity contribution in [2.24, 2.45) is 0 Å². The lowest BCUT2D eigenvalue weighted by molar-refractivity contribution is -0.120. The predicted octanol–water partition coefficient (Wildman–Crippen LogP) is 1.34. The highest BCUT2D eigenvalue weighted by atomic mass is 16.5. The quantitative estimate of drug-likeness (QED) is 0.892. The molecular weight excluding hydrogens is 240 g/mol. The zero-order valence-corrected chi connectivity index (χ0v) is 11.3. The van der Waals surface area contributed by atoms with Crippen LogP contribution in [0.4, 0.5) is 5.69 Å². The minimum Gasteiger partial charge on any atom is -0.377 e. The third-order valence-electron chi connectivity index (χ3n) is 3.94. The Kier molecular flexibility index (Phi) is 3.53. The zero-order chi connectivity index (χ0) is 13.2. The molecule has 0 saturated carbocycles. The summed E-state index contributed by atoms with van der Waals surface area (Å²) >= 11 is 0. The van der Waals surface area contributed by atoms with E-state index in [0.29, 0.717) is 6.61 Å². The summed E-state index contributed by atoms with van der Waals surface area (Å²) in [5.74, 6) is 0.187. The van der Waals surface area contributed by atoms with E-state index in [-0.39, 0.29) is 18.1 Å². The van der Waals surface area contributed by atoms with Gasteiger partial charge >= 0.3 is 0 Å². The number of carbonyl (C=O) groups excluding carboxylic acids is 1. The van der Waals surface area contributed by atoms with Crippen molar-refractivity contribution in [3.63, 3.8) is 0 Å². The third-order valence-corrected chi connectivity index (χ3v) is 3.94. The van der Waals surface area contributed by atoms with Gasteiger partial charge in [0.1, 0.15) is 0 Å². The molecule has 2 heterocycles. The molecule has 1 saturated heterocycles. The van der Waals surface area contributed by atoms with Gasteiger partial charge in [-0.3, -0.25) is 4.79 Å². The summed E-state index contributed by atoms with van der Waals surface area (Å²) in [4.78, 5) is 14.5. The van der Waals surface area contributed by atoms with Crippen molar-refractivity contribution < 1.29 is 9.53 Å². The minimum atomic E-state index is -0.0947. The molecule has 2 unspecified atom stereocenters. The van der Waals surface area contributed by atoms with Crippen LogP contribution in [-0.2, 0) is 16.0 Å². The van der Waals surface area contributed by atoms with E-state index in [1.165, 1.54) is 5.56 Å². The largest absolute Gasteiger partial charge is 0.377 e. The van der Waals surface area contributed by atoms with Gasteiger partial charge in [-0.2, -0.15) is 0 Å². The zero-order valence-electron chi connectivity index (χ0n) is 11.3. The number of amides is 1. The van der Waals surface area contributed by atoms with Gasteiger partial charge in [-0.25, -0.2) is 0 Å². The topological polar surface area (TPSA) is 41.6 Å². The molecule has 0 radical (unpaired) electrons. The number of fused-ring (bicyclic) bond motifs is 1. The molecule has 1 amide bonds. The van der Waals surface area contributed by atoms with Gasteiger partial charge in [0.2, 0.25) is 5.91 Å². The van der Waals surface area contributed by atoms with Crippen LogP contribution in [0.25, 0.3) is 0 Å². The first-order chi connectivity index (χ1) is 9.29. The molecule has 1 fully saturated rings. The van der Waals surface area contributed by atoms with Crippen LogP contribution in [0.5, 0.6) is 0 Å². The maximum atomic E-state index is 12.6. The fraction of sp³-hybridized carbons (Fsp3) is 0.533. The van der Waals surface area contributed by atoms with Crippen LogP contribution in [-0.4, -0.2) is 37.7 Å². The molecule has 3 rings (SSSR count). The van der Waals surface area contributed by atoms with E-state index in [2.05, 4.69) is 11.4 Å². The van der Waals surface area contributed by atoms with Crippen LogP contribution in [0.2, 0.25) is 0 Å². The van der Waals surface area contributed by atoms with Crippen LogP contribution >= 0.6 is 0 Å². The minimum absolute atomic E-state index is 0.0947. The lowest BCUT2D eigenvalue weighted by atomic mass is 10.1. The van der Waals surface area contributed by atoms with E-state index in [0.717, 1.165) is 31.6 Å². The SMILES string of the molecule is CCOC1CNC(C(=O)N2CCc3ccccc32)C1. The van der Waals surface area contributed by atoms with Gasteiger partial charge in [-0.15, -0.1) is 0 Å². The molecule has 4 heteroatoms. The maximum Gasteiger partial charge on any atom is 0.244 e.